The van der Waals surface area contributed by atoms with Crippen molar-refractivity contribution in [2.75, 3.05) is 25.0 Å². The minimum Gasteiger partial charge on any atom is -0.354 e. The summed E-state index contributed by atoms with van der Waals surface area (Å²) in [5, 5.41) is 3.27. The van der Waals surface area contributed by atoms with Crippen molar-refractivity contribution in [2.45, 2.75) is 26.7 Å². The topological polar surface area (TPSA) is 58.1 Å². The number of amides is 1. The molecule has 24 heavy (non-hydrogen) atoms. The number of nitrogens with one attached hydrogen (secondary N) is 1. The summed E-state index contributed by atoms with van der Waals surface area (Å²) in [5.41, 5.74) is 3.35. The molecule has 2 heterocycles. The first-order chi connectivity index (χ1) is 11.6. The number of aryl methyl sites for hydroxylation is 2. The molecule has 126 valence electrons. The van der Waals surface area contributed by atoms with E-state index >= 15 is 0 Å². The maximum Gasteiger partial charge on any atom is 0.223 e. The molecule has 0 radical (unpaired) electrons. The molecular weight excluding hydrogens is 300 g/mol. The van der Waals surface area contributed by atoms with Crippen molar-refractivity contribution in [1.82, 2.24) is 14.9 Å². The minimum atomic E-state index is 0.249. The first-order valence-electron chi connectivity index (χ1n) is 8.47. The van der Waals surface area contributed by atoms with Gasteiger partial charge in [0, 0.05) is 43.9 Å². The van der Waals surface area contributed by atoms with Gasteiger partial charge in [0.25, 0.3) is 0 Å². The SMILES string of the molecule is Cc1cnc(NC[C@H]2CC(=O)N(CCc3ccccc3)C2)nc1C. The predicted octanol–water partition coefficient (Wildman–Crippen LogP) is 2.60. The van der Waals surface area contributed by atoms with Crippen LogP contribution < -0.4 is 5.32 Å². The molecule has 5 heteroatoms. The number of carbonyl (C=O) groups excluding carboxylic acids is 1. The molecule has 1 saturated heterocycles. The number of aromatic nitrogens is 2. The summed E-state index contributed by atoms with van der Waals surface area (Å²) in [4.78, 5) is 22.9. The molecule has 0 bridgehead atoms. The van der Waals surface area contributed by atoms with Crippen molar-refractivity contribution in [1.29, 1.82) is 0 Å². The lowest BCUT2D eigenvalue weighted by atomic mass is 10.1. The van der Waals surface area contributed by atoms with Gasteiger partial charge in [-0.05, 0) is 31.4 Å². The number of anilines is 1. The van der Waals surface area contributed by atoms with Gasteiger partial charge in [-0.1, -0.05) is 30.3 Å². The maximum atomic E-state index is 12.2. The average molecular weight is 324 g/mol. The van der Waals surface area contributed by atoms with Crippen LogP contribution >= 0.6 is 0 Å². The van der Waals surface area contributed by atoms with Gasteiger partial charge in [-0.3, -0.25) is 4.79 Å². The van der Waals surface area contributed by atoms with Gasteiger partial charge in [-0.2, -0.15) is 0 Å². The molecule has 1 amide bonds. The second kappa shape index (κ2) is 7.43. The average Bonchev–Trinajstić information content (AvgIpc) is 2.95. The molecule has 0 unspecified atom stereocenters. The highest BCUT2D eigenvalue weighted by atomic mass is 16.2. The van der Waals surface area contributed by atoms with Crippen LogP contribution in [0.5, 0.6) is 0 Å². The predicted molar refractivity (Wildman–Crippen MR) is 94.8 cm³/mol. The van der Waals surface area contributed by atoms with Gasteiger partial charge in [-0.15, -0.1) is 0 Å². The zero-order valence-corrected chi connectivity index (χ0v) is 14.3. The van der Waals surface area contributed by atoms with Crippen LogP contribution in [-0.4, -0.2) is 40.4 Å². The Kier molecular flexibility index (Phi) is 5.08. The lowest BCUT2D eigenvalue weighted by Gasteiger charge is -2.17. The second-order valence-corrected chi connectivity index (χ2v) is 6.49. The van der Waals surface area contributed by atoms with E-state index in [1.165, 1.54) is 5.56 Å². The normalized spacial score (nSPS) is 17.3. The van der Waals surface area contributed by atoms with Crippen LogP contribution in [0.25, 0.3) is 0 Å². The third-order valence-corrected chi connectivity index (χ3v) is 4.58. The van der Waals surface area contributed by atoms with E-state index in [1.54, 1.807) is 0 Å². The van der Waals surface area contributed by atoms with E-state index in [0.717, 1.165) is 37.3 Å². The molecule has 1 aromatic carbocycles. The van der Waals surface area contributed by atoms with Gasteiger partial charge in [0.2, 0.25) is 11.9 Å². The zero-order chi connectivity index (χ0) is 16.9. The number of hydrogen-bond acceptors (Lipinski definition) is 4. The fourth-order valence-electron chi connectivity index (χ4n) is 2.96. The Morgan fingerprint density at radius 1 is 1.25 bits per heavy atom. The Morgan fingerprint density at radius 3 is 2.79 bits per heavy atom. The van der Waals surface area contributed by atoms with Crippen LogP contribution in [0.15, 0.2) is 36.5 Å². The third kappa shape index (κ3) is 4.10. The van der Waals surface area contributed by atoms with Crippen LogP contribution in [0.4, 0.5) is 5.95 Å². The molecule has 0 saturated carbocycles. The summed E-state index contributed by atoms with van der Waals surface area (Å²) < 4.78 is 0. The highest BCUT2D eigenvalue weighted by molar-refractivity contribution is 5.78. The summed E-state index contributed by atoms with van der Waals surface area (Å²) >= 11 is 0. The minimum absolute atomic E-state index is 0.249. The van der Waals surface area contributed by atoms with E-state index in [9.17, 15) is 4.79 Å². The third-order valence-electron chi connectivity index (χ3n) is 4.58. The van der Waals surface area contributed by atoms with Gasteiger partial charge in [0.15, 0.2) is 0 Å². The standard InChI is InChI=1S/C19H24N4O/c1-14-11-20-19(22-15(14)2)21-12-17-10-18(24)23(13-17)9-8-16-6-4-3-5-7-16/h3-7,11,17H,8-10,12-13H2,1-2H3,(H,20,21,22)/t17-/m1/s1. The largest absolute Gasteiger partial charge is 0.354 e. The molecule has 1 aliphatic heterocycles. The van der Waals surface area contributed by atoms with Gasteiger partial charge < -0.3 is 10.2 Å². The summed E-state index contributed by atoms with van der Waals surface area (Å²) in [7, 11) is 0. The summed E-state index contributed by atoms with van der Waals surface area (Å²) in [5.74, 6) is 1.21. The van der Waals surface area contributed by atoms with Crippen molar-refractivity contribution in [3.8, 4) is 0 Å². The second-order valence-electron chi connectivity index (χ2n) is 6.49. The molecule has 0 spiro atoms. The quantitative estimate of drug-likeness (QED) is 0.887. The maximum absolute atomic E-state index is 12.2. The highest BCUT2D eigenvalue weighted by Crippen LogP contribution is 2.19. The molecule has 1 aromatic heterocycles. The Hall–Kier alpha value is -2.43. The van der Waals surface area contributed by atoms with Gasteiger partial charge >= 0.3 is 0 Å². The lowest BCUT2D eigenvalue weighted by Crippen LogP contribution is -2.28. The van der Waals surface area contributed by atoms with E-state index < -0.39 is 0 Å². The van der Waals surface area contributed by atoms with Crippen LogP contribution in [0, 0.1) is 19.8 Å². The van der Waals surface area contributed by atoms with Gasteiger partial charge in [-0.25, -0.2) is 9.97 Å². The fraction of sp³-hybridized carbons (Fsp3) is 0.421. The number of carbonyl (C=O) groups is 1. The van der Waals surface area contributed by atoms with Crippen LogP contribution in [0.2, 0.25) is 0 Å². The van der Waals surface area contributed by atoms with Crippen molar-refractivity contribution < 1.29 is 4.79 Å². The molecule has 1 aliphatic rings. The van der Waals surface area contributed by atoms with E-state index in [4.69, 9.17) is 0 Å². The number of likely N-dealkylation sites (tertiary alicyclic amines) is 1. The fourth-order valence-corrected chi connectivity index (χ4v) is 2.96. The Bertz CT molecular complexity index is 702. The van der Waals surface area contributed by atoms with Crippen LogP contribution in [0.3, 0.4) is 0 Å². The van der Waals surface area contributed by atoms with Crippen molar-refractivity contribution in [2.24, 2.45) is 5.92 Å². The molecule has 1 atom stereocenters. The lowest BCUT2D eigenvalue weighted by molar-refractivity contribution is -0.127. The summed E-state index contributed by atoms with van der Waals surface area (Å²) in [6, 6.07) is 10.3. The first-order valence-corrected chi connectivity index (χ1v) is 8.47. The highest BCUT2D eigenvalue weighted by Gasteiger charge is 2.29. The summed E-state index contributed by atoms with van der Waals surface area (Å²) in [6.07, 6.45) is 3.34. The van der Waals surface area contributed by atoms with Crippen LogP contribution in [-0.2, 0) is 11.2 Å². The zero-order valence-electron chi connectivity index (χ0n) is 14.3. The molecule has 1 N–H and O–H groups in total. The number of rotatable bonds is 6. The van der Waals surface area contributed by atoms with Crippen LogP contribution in [0.1, 0.15) is 23.2 Å². The Balaban J connectivity index is 1.48. The first kappa shape index (κ1) is 16.4. The van der Waals surface area contributed by atoms with E-state index in [-0.39, 0.29) is 5.91 Å². The van der Waals surface area contributed by atoms with E-state index in [1.807, 2.05) is 43.1 Å². The Morgan fingerprint density at radius 2 is 2.04 bits per heavy atom. The smallest absolute Gasteiger partial charge is 0.223 e. The monoisotopic (exact) mass is 324 g/mol. The number of benzene rings is 1. The van der Waals surface area contributed by atoms with Crippen molar-refractivity contribution in [3.63, 3.8) is 0 Å². The molecule has 5 nitrogen and oxygen atoms in total. The molecule has 3 rings (SSSR count). The molecule has 0 aliphatic carbocycles. The number of hydrogen-bond donors (Lipinski definition) is 1. The molecule has 1 fully saturated rings. The van der Waals surface area contributed by atoms with Gasteiger partial charge in [0.05, 0.1) is 0 Å². The molecule has 2 aromatic rings. The van der Waals surface area contributed by atoms with Crippen molar-refractivity contribution >= 4 is 11.9 Å². The Labute approximate surface area is 143 Å². The molecular formula is C19H24N4O. The van der Waals surface area contributed by atoms with Crippen molar-refractivity contribution in [3.05, 3.63) is 53.3 Å². The van der Waals surface area contributed by atoms with E-state index in [0.29, 0.717) is 18.3 Å². The van der Waals surface area contributed by atoms with Gasteiger partial charge in [0.1, 0.15) is 0 Å². The number of nitrogens with zero attached hydrogens (tertiary/aromatic N) is 3. The summed E-state index contributed by atoms with van der Waals surface area (Å²) in [6.45, 7) is 6.31. The van der Waals surface area contributed by atoms with E-state index in [2.05, 4.69) is 27.4 Å².